The topological polar surface area (TPSA) is 49.4 Å². The molecular weight excluding hydrogens is 240 g/mol. The Bertz CT molecular complexity index is 527. The predicted molar refractivity (Wildman–Crippen MR) is 74.4 cm³/mol. The minimum absolute atomic E-state index is 0.243. The molecule has 1 N–H and O–H groups in total. The van der Waals surface area contributed by atoms with Crippen LogP contribution < -0.4 is 5.32 Å². The number of nitrogens with zero attached hydrogens (tertiary/aromatic N) is 1. The van der Waals surface area contributed by atoms with Crippen LogP contribution in [0, 0.1) is 0 Å². The summed E-state index contributed by atoms with van der Waals surface area (Å²) in [7, 11) is 0. The van der Waals surface area contributed by atoms with E-state index in [4.69, 9.17) is 0 Å². The Balaban J connectivity index is 2.11. The highest BCUT2D eigenvalue weighted by Crippen LogP contribution is 2.22. The van der Waals surface area contributed by atoms with Crippen molar-refractivity contribution in [3.05, 3.63) is 42.0 Å². The number of carbonyl (C=O) groups excluding carboxylic acids is 2. The van der Waals surface area contributed by atoms with Gasteiger partial charge in [-0.2, -0.15) is 0 Å². The first kappa shape index (κ1) is 13.3. The number of carbonyl (C=O) groups is 2. The summed E-state index contributed by atoms with van der Waals surface area (Å²) >= 11 is 0. The van der Waals surface area contributed by atoms with Crippen LogP contribution in [-0.4, -0.2) is 28.9 Å². The van der Waals surface area contributed by atoms with Crippen LogP contribution in [0.4, 0.5) is 4.79 Å². The van der Waals surface area contributed by atoms with Gasteiger partial charge in [-0.1, -0.05) is 36.4 Å². The minimum atomic E-state index is -0.354. The summed E-state index contributed by atoms with van der Waals surface area (Å²) < 4.78 is 0. The highest BCUT2D eigenvalue weighted by Gasteiger charge is 2.31. The Morgan fingerprint density at radius 3 is 2.42 bits per heavy atom. The molecule has 4 nitrogen and oxygen atoms in total. The minimum Gasteiger partial charge on any atom is -0.333 e. The summed E-state index contributed by atoms with van der Waals surface area (Å²) in [5.74, 6) is -0.243. The third-order valence-corrected chi connectivity index (χ3v) is 2.77. The van der Waals surface area contributed by atoms with Crippen LogP contribution in [0.1, 0.15) is 26.3 Å². The molecular formula is C15H18N2O2. The standard InChI is InChI=1S/C15H18N2O2/c1-15(2,3)16-14(19)17-10-9-12(13(17)18)11-7-5-4-6-8-11/h4-9H,10H2,1-3H3,(H,16,19). The second-order valence-electron chi connectivity index (χ2n) is 5.58. The van der Waals surface area contributed by atoms with E-state index in [0.717, 1.165) is 5.56 Å². The molecule has 0 saturated carbocycles. The van der Waals surface area contributed by atoms with E-state index in [0.29, 0.717) is 12.1 Å². The number of hydrogen-bond acceptors (Lipinski definition) is 2. The fourth-order valence-electron chi connectivity index (χ4n) is 1.92. The van der Waals surface area contributed by atoms with E-state index in [-0.39, 0.29) is 17.5 Å². The molecule has 0 spiro atoms. The third kappa shape index (κ3) is 3.02. The number of imide groups is 1. The summed E-state index contributed by atoms with van der Waals surface area (Å²) in [6.07, 6.45) is 1.79. The molecule has 1 heterocycles. The monoisotopic (exact) mass is 258 g/mol. The van der Waals surface area contributed by atoms with Gasteiger partial charge >= 0.3 is 6.03 Å². The lowest BCUT2D eigenvalue weighted by molar-refractivity contribution is -0.121. The highest BCUT2D eigenvalue weighted by atomic mass is 16.2. The van der Waals surface area contributed by atoms with Gasteiger partial charge in [0.25, 0.3) is 5.91 Å². The summed E-state index contributed by atoms with van der Waals surface area (Å²) in [6.45, 7) is 5.98. The van der Waals surface area contributed by atoms with Gasteiger partial charge < -0.3 is 5.32 Å². The fourth-order valence-corrected chi connectivity index (χ4v) is 1.92. The Labute approximate surface area is 113 Å². The molecule has 0 radical (unpaired) electrons. The van der Waals surface area contributed by atoms with Crippen molar-refractivity contribution in [3.63, 3.8) is 0 Å². The molecule has 0 aromatic heterocycles. The maximum atomic E-state index is 12.2. The van der Waals surface area contributed by atoms with Gasteiger partial charge in [-0.15, -0.1) is 0 Å². The van der Waals surface area contributed by atoms with Crippen LogP contribution in [0.3, 0.4) is 0 Å². The number of rotatable bonds is 1. The van der Waals surface area contributed by atoms with E-state index < -0.39 is 0 Å². The van der Waals surface area contributed by atoms with Crippen molar-refractivity contribution in [3.8, 4) is 0 Å². The first-order chi connectivity index (χ1) is 8.88. The number of urea groups is 1. The SMILES string of the molecule is CC(C)(C)NC(=O)N1CC=C(c2ccccc2)C1=O. The molecule has 3 amide bonds. The van der Waals surface area contributed by atoms with Crippen LogP contribution in [0.25, 0.3) is 5.57 Å². The lowest BCUT2D eigenvalue weighted by Gasteiger charge is -2.24. The first-order valence-electron chi connectivity index (χ1n) is 6.28. The van der Waals surface area contributed by atoms with Gasteiger partial charge in [-0.05, 0) is 26.3 Å². The van der Waals surface area contributed by atoms with Crippen LogP contribution in [0.5, 0.6) is 0 Å². The largest absolute Gasteiger partial charge is 0.333 e. The van der Waals surface area contributed by atoms with Gasteiger partial charge in [-0.25, -0.2) is 4.79 Å². The summed E-state index contributed by atoms with van der Waals surface area (Å²) in [5.41, 5.74) is 1.08. The van der Waals surface area contributed by atoms with Gasteiger partial charge in [0.05, 0.1) is 0 Å². The van der Waals surface area contributed by atoms with E-state index in [1.54, 1.807) is 6.08 Å². The molecule has 4 heteroatoms. The zero-order chi connectivity index (χ0) is 14.0. The highest BCUT2D eigenvalue weighted by molar-refractivity contribution is 6.25. The van der Waals surface area contributed by atoms with E-state index in [9.17, 15) is 9.59 Å². The van der Waals surface area contributed by atoms with Crippen LogP contribution >= 0.6 is 0 Å². The van der Waals surface area contributed by atoms with Gasteiger partial charge in [0, 0.05) is 17.7 Å². The Morgan fingerprint density at radius 1 is 1.21 bits per heavy atom. The van der Waals surface area contributed by atoms with Crippen LogP contribution in [-0.2, 0) is 4.79 Å². The molecule has 1 aliphatic rings. The molecule has 0 bridgehead atoms. The van der Waals surface area contributed by atoms with Gasteiger partial charge in [-0.3, -0.25) is 9.69 Å². The lowest BCUT2D eigenvalue weighted by atomic mass is 10.1. The quantitative estimate of drug-likeness (QED) is 0.841. The second kappa shape index (κ2) is 4.88. The molecule has 0 unspecified atom stereocenters. The van der Waals surface area contributed by atoms with Crippen molar-refractivity contribution in [2.45, 2.75) is 26.3 Å². The van der Waals surface area contributed by atoms with Crippen molar-refractivity contribution in [1.29, 1.82) is 0 Å². The average molecular weight is 258 g/mol. The fraction of sp³-hybridized carbons (Fsp3) is 0.333. The zero-order valence-electron chi connectivity index (χ0n) is 11.4. The number of amides is 3. The normalized spacial score (nSPS) is 15.4. The van der Waals surface area contributed by atoms with Crippen molar-refractivity contribution < 1.29 is 9.59 Å². The van der Waals surface area contributed by atoms with Gasteiger partial charge in [0.1, 0.15) is 0 Å². The molecule has 1 aromatic carbocycles. The Hall–Kier alpha value is -2.10. The maximum absolute atomic E-state index is 12.2. The van der Waals surface area contributed by atoms with Crippen molar-refractivity contribution in [2.24, 2.45) is 0 Å². The predicted octanol–water partition coefficient (Wildman–Crippen LogP) is 2.42. The summed E-state index contributed by atoms with van der Waals surface area (Å²) in [5, 5.41) is 2.80. The van der Waals surface area contributed by atoms with Crippen LogP contribution in [0.2, 0.25) is 0 Å². The van der Waals surface area contributed by atoms with Gasteiger partial charge in [0.15, 0.2) is 0 Å². The van der Waals surface area contributed by atoms with Gasteiger partial charge in [0.2, 0.25) is 0 Å². The smallest absolute Gasteiger partial charge is 0.325 e. The maximum Gasteiger partial charge on any atom is 0.325 e. The molecule has 0 atom stereocenters. The number of hydrogen-bond donors (Lipinski definition) is 1. The molecule has 2 rings (SSSR count). The molecule has 0 aliphatic carbocycles. The van der Waals surface area contributed by atoms with E-state index in [1.807, 2.05) is 51.1 Å². The van der Waals surface area contributed by atoms with E-state index in [2.05, 4.69) is 5.32 Å². The van der Waals surface area contributed by atoms with Crippen LogP contribution in [0.15, 0.2) is 36.4 Å². The second-order valence-corrected chi connectivity index (χ2v) is 5.58. The number of benzene rings is 1. The molecule has 0 fully saturated rings. The average Bonchev–Trinajstić information content (AvgIpc) is 2.70. The summed E-state index contributed by atoms with van der Waals surface area (Å²) in [6, 6.07) is 9.04. The first-order valence-corrected chi connectivity index (χ1v) is 6.28. The molecule has 1 aromatic rings. The molecule has 100 valence electrons. The van der Waals surface area contributed by atoms with Crippen molar-refractivity contribution >= 4 is 17.5 Å². The lowest BCUT2D eigenvalue weighted by Crippen LogP contribution is -2.49. The molecule has 19 heavy (non-hydrogen) atoms. The molecule has 0 saturated heterocycles. The third-order valence-electron chi connectivity index (χ3n) is 2.77. The van der Waals surface area contributed by atoms with E-state index >= 15 is 0 Å². The Kier molecular flexibility index (Phi) is 3.42. The summed E-state index contributed by atoms with van der Waals surface area (Å²) in [4.78, 5) is 25.5. The van der Waals surface area contributed by atoms with Crippen molar-refractivity contribution in [1.82, 2.24) is 10.2 Å². The molecule has 1 aliphatic heterocycles. The Morgan fingerprint density at radius 2 is 1.84 bits per heavy atom. The zero-order valence-corrected chi connectivity index (χ0v) is 11.4. The van der Waals surface area contributed by atoms with Crippen molar-refractivity contribution in [2.75, 3.05) is 6.54 Å². The van der Waals surface area contributed by atoms with E-state index in [1.165, 1.54) is 4.90 Å². The number of nitrogens with one attached hydrogen (secondary N) is 1.